The Morgan fingerprint density at radius 1 is 1.05 bits per heavy atom. The van der Waals surface area contributed by atoms with E-state index in [1.165, 1.54) is 11.8 Å². The van der Waals surface area contributed by atoms with Gasteiger partial charge in [-0.3, -0.25) is 15.2 Å². The van der Waals surface area contributed by atoms with Gasteiger partial charge < -0.3 is 5.32 Å². The maximum atomic E-state index is 11.7. The lowest BCUT2D eigenvalue weighted by Gasteiger charge is -2.10. The number of benzene rings is 1. The summed E-state index contributed by atoms with van der Waals surface area (Å²) >= 11 is 0. The summed E-state index contributed by atoms with van der Waals surface area (Å²) in [5.74, 6) is 0.0000484. The van der Waals surface area contributed by atoms with E-state index < -0.39 is 11.9 Å². The number of hydrogen-bond donors (Lipinski definition) is 3. The molecule has 0 saturated carbocycles. The molecule has 3 N–H and O–H groups in total. The van der Waals surface area contributed by atoms with Crippen LogP contribution >= 0.6 is 0 Å². The number of amides is 3. The standard InChI is InChI=1S/C16H18N4O2/c1-11(2)12-5-7-14(8-6-12)18-16(22)20-19-15(21)13-4-3-9-17-10-13/h3-11H,1-2H3,(H,19,21)(H2,18,20,22). The van der Waals surface area contributed by atoms with Gasteiger partial charge in [-0.25, -0.2) is 10.2 Å². The molecule has 0 saturated heterocycles. The average molecular weight is 298 g/mol. The zero-order chi connectivity index (χ0) is 15.9. The minimum atomic E-state index is -0.519. The number of hydrogen-bond acceptors (Lipinski definition) is 3. The van der Waals surface area contributed by atoms with Crippen LogP contribution in [0.1, 0.15) is 35.7 Å². The molecule has 0 radical (unpaired) electrons. The maximum absolute atomic E-state index is 11.7. The Morgan fingerprint density at radius 2 is 1.77 bits per heavy atom. The molecular formula is C16H18N4O2. The van der Waals surface area contributed by atoms with Crippen LogP contribution in [0.2, 0.25) is 0 Å². The van der Waals surface area contributed by atoms with Crippen molar-refractivity contribution < 1.29 is 9.59 Å². The van der Waals surface area contributed by atoms with Crippen LogP contribution in [0.4, 0.5) is 10.5 Å². The highest BCUT2D eigenvalue weighted by atomic mass is 16.2. The van der Waals surface area contributed by atoms with Gasteiger partial charge in [0.05, 0.1) is 5.56 Å². The largest absolute Gasteiger partial charge is 0.337 e. The van der Waals surface area contributed by atoms with E-state index in [0.29, 0.717) is 17.2 Å². The third-order valence-electron chi connectivity index (χ3n) is 3.05. The molecule has 2 aromatic rings. The number of anilines is 1. The molecule has 1 heterocycles. The molecule has 0 aliphatic carbocycles. The number of urea groups is 1. The quantitative estimate of drug-likeness (QED) is 0.762. The smallest absolute Gasteiger partial charge is 0.307 e. The summed E-state index contributed by atoms with van der Waals surface area (Å²) < 4.78 is 0. The summed E-state index contributed by atoms with van der Waals surface area (Å²) in [5.41, 5.74) is 6.80. The number of hydrazine groups is 1. The molecule has 3 amide bonds. The lowest BCUT2D eigenvalue weighted by Crippen LogP contribution is -2.43. The fraction of sp³-hybridized carbons (Fsp3) is 0.188. The molecule has 22 heavy (non-hydrogen) atoms. The van der Waals surface area contributed by atoms with Crippen molar-refractivity contribution in [3.05, 3.63) is 59.9 Å². The molecule has 0 aliphatic heterocycles. The molecule has 6 heteroatoms. The van der Waals surface area contributed by atoms with Crippen LogP contribution in [-0.4, -0.2) is 16.9 Å². The van der Waals surface area contributed by atoms with Gasteiger partial charge in [-0.15, -0.1) is 0 Å². The molecular weight excluding hydrogens is 280 g/mol. The van der Waals surface area contributed by atoms with Gasteiger partial charge in [-0.2, -0.15) is 0 Å². The number of carbonyl (C=O) groups is 2. The van der Waals surface area contributed by atoms with Crippen molar-refractivity contribution in [3.63, 3.8) is 0 Å². The monoisotopic (exact) mass is 298 g/mol. The molecule has 1 aromatic carbocycles. The Bertz CT molecular complexity index is 639. The summed E-state index contributed by atoms with van der Waals surface area (Å²) in [6, 6.07) is 10.3. The Kier molecular flexibility index (Phi) is 5.08. The van der Waals surface area contributed by atoms with Crippen LogP contribution in [0.3, 0.4) is 0 Å². The zero-order valence-corrected chi connectivity index (χ0v) is 12.5. The summed E-state index contributed by atoms with van der Waals surface area (Å²) in [4.78, 5) is 27.3. The van der Waals surface area contributed by atoms with Gasteiger partial charge in [0.2, 0.25) is 0 Å². The van der Waals surface area contributed by atoms with Crippen molar-refractivity contribution >= 4 is 17.6 Å². The first-order chi connectivity index (χ1) is 10.6. The zero-order valence-electron chi connectivity index (χ0n) is 12.5. The molecule has 0 bridgehead atoms. The van der Waals surface area contributed by atoms with Crippen LogP contribution in [0, 0.1) is 0 Å². The van der Waals surface area contributed by atoms with Crippen molar-refractivity contribution in [3.8, 4) is 0 Å². The number of carbonyl (C=O) groups excluding carboxylic acids is 2. The second-order valence-electron chi connectivity index (χ2n) is 5.05. The second-order valence-corrected chi connectivity index (χ2v) is 5.05. The Morgan fingerprint density at radius 3 is 2.36 bits per heavy atom. The molecule has 0 fully saturated rings. The highest BCUT2D eigenvalue weighted by Crippen LogP contribution is 2.16. The van der Waals surface area contributed by atoms with Gasteiger partial charge in [-0.05, 0) is 35.7 Å². The minimum Gasteiger partial charge on any atom is -0.307 e. The van der Waals surface area contributed by atoms with Crippen molar-refractivity contribution in [2.75, 3.05) is 5.32 Å². The number of pyridine rings is 1. The normalized spacial score (nSPS) is 10.1. The van der Waals surface area contributed by atoms with Crippen molar-refractivity contribution in [2.24, 2.45) is 0 Å². The summed E-state index contributed by atoms with van der Waals surface area (Å²) in [6.07, 6.45) is 2.98. The minimum absolute atomic E-state index is 0.365. The van der Waals surface area contributed by atoms with E-state index in [4.69, 9.17) is 0 Å². The lowest BCUT2D eigenvalue weighted by atomic mass is 10.0. The molecule has 2 rings (SSSR count). The predicted octanol–water partition coefficient (Wildman–Crippen LogP) is 2.67. The second kappa shape index (κ2) is 7.21. The fourth-order valence-corrected chi connectivity index (χ4v) is 1.80. The molecule has 114 valence electrons. The first-order valence-electron chi connectivity index (χ1n) is 6.93. The molecule has 0 unspecified atom stereocenters. The highest BCUT2D eigenvalue weighted by molar-refractivity contribution is 5.96. The van der Waals surface area contributed by atoms with Crippen LogP contribution in [-0.2, 0) is 0 Å². The highest BCUT2D eigenvalue weighted by Gasteiger charge is 2.07. The average Bonchev–Trinajstić information content (AvgIpc) is 2.54. The third-order valence-corrected chi connectivity index (χ3v) is 3.05. The molecule has 1 aromatic heterocycles. The van der Waals surface area contributed by atoms with E-state index in [0.717, 1.165) is 0 Å². The van der Waals surface area contributed by atoms with Gasteiger partial charge >= 0.3 is 6.03 Å². The lowest BCUT2D eigenvalue weighted by molar-refractivity contribution is 0.0937. The maximum Gasteiger partial charge on any atom is 0.337 e. The van der Waals surface area contributed by atoms with Crippen LogP contribution in [0.15, 0.2) is 48.8 Å². The van der Waals surface area contributed by atoms with Crippen molar-refractivity contribution in [2.45, 2.75) is 19.8 Å². The molecule has 0 spiro atoms. The Hall–Kier alpha value is -2.89. The van der Waals surface area contributed by atoms with E-state index in [2.05, 4.69) is 35.0 Å². The van der Waals surface area contributed by atoms with E-state index in [9.17, 15) is 9.59 Å². The molecule has 0 aliphatic rings. The summed E-state index contributed by atoms with van der Waals surface area (Å²) in [7, 11) is 0. The van der Waals surface area contributed by atoms with E-state index >= 15 is 0 Å². The summed E-state index contributed by atoms with van der Waals surface area (Å²) in [6.45, 7) is 4.20. The predicted molar refractivity (Wildman–Crippen MR) is 84.4 cm³/mol. The van der Waals surface area contributed by atoms with Gasteiger partial charge in [-0.1, -0.05) is 26.0 Å². The van der Waals surface area contributed by atoms with Gasteiger partial charge in [0, 0.05) is 18.1 Å². The van der Waals surface area contributed by atoms with Crippen molar-refractivity contribution in [1.29, 1.82) is 0 Å². The number of nitrogens with one attached hydrogen (secondary N) is 3. The van der Waals surface area contributed by atoms with E-state index in [-0.39, 0.29) is 0 Å². The third kappa shape index (κ3) is 4.31. The fourth-order valence-electron chi connectivity index (χ4n) is 1.80. The van der Waals surface area contributed by atoms with Gasteiger partial charge in [0.15, 0.2) is 0 Å². The van der Waals surface area contributed by atoms with Crippen LogP contribution < -0.4 is 16.2 Å². The Balaban J connectivity index is 1.84. The van der Waals surface area contributed by atoms with Crippen LogP contribution in [0.25, 0.3) is 0 Å². The van der Waals surface area contributed by atoms with E-state index in [1.807, 2.05) is 24.3 Å². The van der Waals surface area contributed by atoms with Crippen molar-refractivity contribution in [1.82, 2.24) is 15.8 Å². The summed E-state index contributed by atoms with van der Waals surface area (Å²) in [5, 5.41) is 2.63. The van der Waals surface area contributed by atoms with Crippen LogP contribution in [0.5, 0.6) is 0 Å². The first-order valence-corrected chi connectivity index (χ1v) is 6.93. The molecule has 0 atom stereocenters. The SMILES string of the molecule is CC(C)c1ccc(NC(=O)NNC(=O)c2cccnc2)cc1. The number of nitrogens with zero attached hydrogens (tertiary/aromatic N) is 1. The first kappa shape index (κ1) is 15.5. The Labute approximate surface area is 128 Å². The number of rotatable bonds is 3. The van der Waals surface area contributed by atoms with Gasteiger partial charge in [0.25, 0.3) is 5.91 Å². The number of aromatic nitrogens is 1. The molecule has 6 nitrogen and oxygen atoms in total. The van der Waals surface area contributed by atoms with Gasteiger partial charge in [0.1, 0.15) is 0 Å². The van der Waals surface area contributed by atoms with E-state index in [1.54, 1.807) is 18.3 Å². The topological polar surface area (TPSA) is 83.1 Å².